The number of non-ortho nitro benzene ring substituents is 1. The van der Waals surface area contributed by atoms with E-state index in [2.05, 4.69) is 10.2 Å². The summed E-state index contributed by atoms with van der Waals surface area (Å²) in [6, 6.07) is 13.9. The normalized spacial score (nSPS) is 11.1. The Kier molecular flexibility index (Phi) is 4.44. The summed E-state index contributed by atoms with van der Waals surface area (Å²) in [5.41, 5.74) is 2.62. The molecule has 0 fully saturated rings. The number of aryl methyl sites for hydroxylation is 1. The van der Waals surface area contributed by atoms with Crippen molar-refractivity contribution in [1.29, 1.82) is 0 Å². The summed E-state index contributed by atoms with van der Waals surface area (Å²) in [7, 11) is 1.23. The van der Waals surface area contributed by atoms with Crippen molar-refractivity contribution in [3.8, 4) is 0 Å². The fourth-order valence-corrected chi connectivity index (χ4v) is 3.98. The Labute approximate surface area is 163 Å². The number of para-hydroxylation sites is 1. The lowest BCUT2D eigenvalue weighted by Crippen LogP contribution is -2.04. The van der Waals surface area contributed by atoms with Gasteiger partial charge in [-0.2, -0.15) is 0 Å². The first-order valence-corrected chi connectivity index (χ1v) is 9.09. The number of methoxy groups -OCH3 is 1. The van der Waals surface area contributed by atoms with E-state index < -0.39 is 10.9 Å². The number of aromatic nitrogens is 3. The van der Waals surface area contributed by atoms with E-state index in [0.717, 1.165) is 16.5 Å². The Morgan fingerprint density at radius 1 is 1.18 bits per heavy atom. The van der Waals surface area contributed by atoms with E-state index in [9.17, 15) is 14.9 Å². The highest BCUT2D eigenvalue weighted by Gasteiger charge is 2.20. The number of hydrogen-bond acceptors (Lipinski definition) is 7. The Morgan fingerprint density at radius 3 is 2.71 bits per heavy atom. The molecule has 4 aromatic rings. The molecule has 0 N–H and O–H groups in total. The standard InChI is InChI=1S/C19H14N4O4S/c1-11-9-17-20-21-19(22(17)15-6-4-3-5-13(11)15)28-16-8-7-12(23(25)26)10-14(16)18(24)27-2/h3-10H,1-2H3. The molecule has 0 aliphatic carbocycles. The molecule has 0 amide bonds. The van der Waals surface area contributed by atoms with Crippen LogP contribution < -0.4 is 0 Å². The van der Waals surface area contributed by atoms with Crippen LogP contribution >= 0.6 is 11.8 Å². The van der Waals surface area contributed by atoms with Gasteiger partial charge in [-0.1, -0.05) is 18.2 Å². The van der Waals surface area contributed by atoms with Crippen LogP contribution in [0.25, 0.3) is 16.6 Å². The molecule has 0 unspecified atom stereocenters. The number of carbonyl (C=O) groups excluding carboxylic acids is 1. The van der Waals surface area contributed by atoms with Gasteiger partial charge in [-0.25, -0.2) is 4.79 Å². The molecule has 2 aromatic heterocycles. The van der Waals surface area contributed by atoms with Crippen molar-refractivity contribution in [1.82, 2.24) is 14.6 Å². The average Bonchev–Trinajstić information content (AvgIpc) is 3.10. The minimum absolute atomic E-state index is 0.106. The first kappa shape index (κ1) is 17.9. The van der Waals surface area contributed by atoms with E-state index in [4.69, 9.17) is 4.74 Å². The van der Waals surface area contributed by atoms with Crippen molar-refractivity contribution >= 4 is 40.0 Å². The third-order valence-electron chi connectivity index (χ3n) is 4.35. The van der Waals surface area contributed by atoms with E-state index in [0.29, 0.717) is 15.7 Å². The molecule has 140 valence electrons. The highest BCUT2D eigenvalue weighted by molar-refractivity contribution is 7.99. The van der Waals surface area contributed by atoms with E-state index >= 15 is 0 Å². The van der Waals surface area contributed by atoms with Crippen LogP contribution in [0.2, 0.25) is 0 Å². The number of esters is 1. The van der Waals surface area contributed by atoms with Gasteiger partial charge in [0.15, 0.2) is 5.65 Å². The van der Waals surface area contributed by atoms with Crippen molar-refractivity contribution in [2.24, 2.45) is 0 Å². The van der Waals surface area contributed by atoms with E-state index in [1.807, 2.05) is 41.7 Å². The molecular weight excluding hydrogens is 380 g/mol. The quantitative estimate of drug-likeness (QED) is 0.293. The third kappa shape index (κ3) is 2.95. The highest BCUT2D eigenvalue weighted by Crippen LogP contribution is 2.34. The van der Waals surface area contributed by atoms with Gasteiger partial charge in [-0.05, 0) is 42.4 Å². The Hall–Kier alpha value is -3.46. The minimum Gasteiger partial charge on any atom is -0.465 e. The maximum Gasteiger partial charge on any atom is 0.339 e. The van der Waals surface area contributed by atoms with Crippen LogP contribution in [0.5, 0.6) is 0 Å². The fourth-order valence-electron chi connectivity index (χ4n) is 3.03. The molecule has 0 bridgehead atoms. The van der Waals surface area contributed by atoms with Crippen molar-refractivity contribution < 1.29 is 14.5 Å². The second-order valence-corrected chi connectivity index (χ2v) is 7.06. The molecule has 0 atom stereocenters. The Bertz CT molecular complexity index is 1250. The molecule has 0 saturated heterocycles. The highest BCUT2D eigenvalue weighted by atomic mass is 32.2. The van der Waals surface area contributed by atoms with Crippen LogP contribution in [0, 0.1) is 17.0 Å². The van der Waals surface area contributed by atoms with Gasteiger partial charge in [0.05, 0.1) is 23.1 Å². The molecule has 0 spiro atoms. The topological polar surface area (TPSA) is 99.6 Å². The largest absolute Gasteiger partial charge is 0.465 e. The predicted octanol–water partition coefficient (Wildman–Crippen LogP) is 4.04. The number of nitrogens with zero attached hydrogens (tertiary/aromatic N) is 4. The number of ether oxygens (including phenoxy) is 1. The predicted molar refractivity (Wildman–Crippen MR) is 104 cm³/mol. The summed E-state index contributed by atoms with van der Waals surface area (Å²) >= 11 is 1.20. The van der Waals surface area contributed by atoms with Crippen LogP contribution in [0.1, 0.15) is 15.9 Å². The molecule has 28 heavy (non-hydrogen) atoms. The molecule has 9 heteroatoms. The first-order chi connectivity index (χ1) is 13.5. The third-order valence-corrected chi connectivity index (χ3v) is 5.38. The van der Waals surface area contributed by atoms with Crippen molar-refractivity contribution in [2.45, 2.75) is 17.0 Å². The second kappa shape index (κ2) is 6.93. The number of nitro groups is 1. The molecule has 2 aromatic carbocycles. The maximum absolute atomic E-state index is 12.2. The van der Waals surface area contributed by atoms with Gasteiger partial charge in [0.2, 0.25) is 5.16 Å². The zero-order valence-corrected chi connectivity index (χ0v) is 15.8. The summed E-state index contributed by atoms with van der Waals surface area (Å²) in [4.78, 5) is 23.2. The zero-order valence-electron chi connectivity index (χ0n) is 14.9. The number of fused-ring (bicyclic) bond motifs is 3. The van der Waals surface area contributed by atoms with Gasteiger partial charge >= 0.3 is 5.97 Å². The van der Waals surface area contributed by atoms with Gasteiger partial charge < -0.3 is 4.74 Å². The SMILES string of the molecule is COC(=O)c1cc([N+](=O)[O-])ccc1Sc1nnc2cc(C)c3ccccc3n12. The number of nitro benzene ring substituents is 1. The van der Waals surface area contributed by atoms with Gasteiger partial charge in [0.25, 0.3) is 5.69 Å². The number of rotatable bonds is 4. The number of benzene rings is 2. The van der Waals surface area contributed by atoms with Crippen LogP contribution in [-0.2, 0) is 4.74 Å². The smallest absolute Gasteiger partial charge is 0.339 e. The molecule has 2 heterocycles. The molecule has 0 saturated carbocycles. The van der Waals surface area contributed by atoms with E-state index in [1.54, 1.807) is 0 Å². The molecule has 0 radical (unpaired) electrons. The lowest BCUT2D eigenvalue weighted by Gasteiger charge is -2.09. The Morgan fingerprint density at radius 2 is 1.96 bits per heavy atom. The summed E-state index contributed by atoms with van der Waals surface area (Å²) in [5.74, 6) is -0.652. The summed E-state index contributed by atoms with van der Waals surface area (Å²) < 4.78 is 6.68. The minimum atomic E-state index is -0.652. The van der Waals surface area contributed by atoms with Gasteiger partial charge in [0.1, 0.15) is 0 Å². The first-order valence-electron chi connectivity index (χ1n) is 8.27. The number of carbonyl (C=O) groups is 1. The van der Waals surface area contributed by atoms with Crippen LogP contribution in [-0.4, -0.2) is 32.6 Å². The van der Waals surface area contributed by atoms with Crippen LogP contribution in [0.3, 0.4) is 0 Å². The Balaban J connectivity index is 1.88. The summed E-state index contributed by atoms with van der Waals surface area (Å²) in [5, 5.41) is 21.2. The van der Waals surface area contributed by atoms with Gasteiger partial charge in [-0.3, -0.25) is 14.5 Å². The molecular formula is C19H14N4O4S. The molecule has 4 rings (SSSR count). The summed E-state index contributed by atoms with van der Waals surface area (Å²) in [6.45, 7) is 2.01. The molecule has 0 aliphatic rings. The second-order valence-electron chi connectivity index (χ2n) is 6.05. The van der Waals surface area contributed by atoms with Crippen LogP contribution in [0.4, 0.5) is 5.69 Å². The molecule has 0 aliphatic heterocycles. The van der Waals surface area contributed by atoms with Crippen molar-refractivity contribution in [3.05, 3.63) is 69.8 Å². The average molecular weight is 394 g/mol. The number of hydrogen-bond donors (Lipinski definition) is 0. The van der Waals surface area contributed by atoms with E-state index in [-0.39, 0.29) is 11.3 Å². The lowest BCUT2D eigenvalue weighted by atomic mass is 10.1. The zero-order chi connectivity index (χ0) is 19.8. The molecule has 8 nitrogen and oxygen atoms in total. The number of pyridine rings is 1. The lowest BCUT2D eigenvalue weighted by molar-refractivity contribution is -0.384. The maximum atomic E-state index is 12.2. The monoisotopic (exact) mass is 394 g/mol. The van der Waals surface area contributed by atoms with Gasteiger partial charge in [0, 0.05) is 22.4 Å². The fraction of sp³-hybridized carbons (Fsp3) is 0.105. The van der Waals surface area contributed by atoms with E-state index in [1.165, 1.54) is 37.1 Å². The van der Waals surface area contributed by atoms with Gasteiger partial charge in [-0.15, -0.1) is 10.2 Å². The summed E-state index contributed by atoms with van der Waals surface area (Å²) in [6.07, 6.45) is 0. The van der Waals surface area contributed by atoms with Crippen molar-refractivity contribution in [2.75, 3.05) is 7.11 Å². The van der Waals surface area contributed by atoms with Crippen molar-refractivity contribution in [3.63, 3.8) is 0 Å². The van der Waals surface area contributed by atoms with Crippen LogP contribution in [0.15, 0.2) is 58.6 Å².